The maximum atomic E-state index is 13.9. The number of nitrogens with two attached hydrogens (primary N) is 1. The van der Waals surface area contributed by atoms with Crippen LogP contribution in [0.25, 0.3) is 0 Å². The molecule has 3 heterocycles. The zero-order valence-electron chi connectivity index (χ0n) is 17.3. The van der Waals surface area contributed by atoms with Crippen LogP contribution in [0, 0.1) is 17.8 Å². The van der Waals surface area contributed by atoms with Crippen molar-refractivity contribution < 1.29 is 37.6 Å². The van der Waals surface area contributed by atoms with E-state index in [9.17, 15) is 32.9 Å². The Kier molecular flexibility index (Phi) is 6.32. The van der Waals surface area contributed by atoms with Crippen molar-refractivity contribution in [2.24, 2.45) is 23.5 Å². The molecule has 12 heteroatoms. The lowest BCUT2D eigenvalue weighted by atomic mass is 9.74. The Bertz CT molecular complexity index is 657. The van der Waals surface area contributed by atoms with Crippen LogP contribution in [0.3, 0.4) is 0 Å². The van der Waals surface area contributed by atoms with Crippen LogP contribution in [0.5, 0.6) is 0 Å². The van der Waals surface area contributed by atoms with Crippen molar-refractivity contribution in [3.8, 4) is 0 Å². The summed E-state index contributed by atoms with van der Waals surface area (Å²) in [7, 11) is 0. The lowest BCUT2D eigenvalue weighted by Gasteiger charge is -2.40. The number of rotatable bonds is 3. The zero-order chi connectivity index (χ0) is 22.7. The number of aliphatic hydroxyl groups excluding tert-OH is 2. The Balaban J connectivity index is 1.49. The molecule has 0 spiro atoms. The molecule has 180 valence electrons. The van der Waals surface area contributed by atoms with E-state index in [1.807, 2.05) is 4.90 Å². The molecule has 0 aromatic heterocycles. The fraction of sp³-hybridized carbons (Fsp3) is 1.00. The van der Waals surface area contributed by atoms with Gasteiger partial charge >= 0.3 is 6.18 Å². The minimum atomic E-state index is -4.71. The quantitative estimate of drug-likeness (QED) is 0.317. The van der Waals surface area contributed by atoms with Gasteiger partial charge in [-0.15, -0.1) is 0 Å². The summed E-state index contributed by atoms with van der Waals surface area (Å²) in [6.45, 7) is 2.29. The van der Waals surface area contributed by atoms with Crippen LogP contribution in [0.1, 0.15) is 32.6 Å². The number of fused-ring (bicyclic) bond motifs is 1. The molecule has 8 nitrogen and oxygen atoms in total. The molecule has 1 aliphatic carbocycles. The van der Waals surface area contributed by atoms with Crippen molar-refractivity contribution in [3.63, 3.8) is 0 Å². The highest BCUT2D eigenvalue weighted by Gasteiger charge is 2.60. The van der Waals surface area contributed by atoms with Crippen molar-refractivity contribution in [2.75, 3.05) is 13.2 Å². The summed E-state index contributed by atoms with van der Waals surface area (Å²) in [4.78, 5) is 1.84. The maximum absolute atomic E-state index is 13.9. The smallest absolute Gasteiger partial charge is 0.390 e. The molecule has 4 fully saturated rings. The molecular formula is C19H32F4N4O4. The van der Waals surface area contributed by atoms with Gasteiger partial charge in [-0.2, -0.15) is 13.2 Å². The fourth-order valence-corrected chi connectivity index (χ4v) is 5.77. The summed E-state index contributed by atoms with van der Waals surface area (Å²) in [5.74, 6) is -3.02. The van der Waals surface area contributed by atoms with Crippen LogP contribution in [-0.2, 0) is 4.74 Å². The van der Waals surface area contributed by atoms with E-state index in [0.717, 1.165) is 6.42 Å². The molecule has 11 atom stereocenters. The molecule has 7 N–H and O–H groups in total. The van der Waals surface area contributed by atoms with Crippen LogP contribution in [0.2, 0.25) is 0 Å². The monoisotopic (exact) mass is 456 g/mol. The molecule has 3 saturated heterocycles. The molecule has 6 unspecified atom stereocenters. The van der Waals surface area contributed by atoms with Gasteiger partial charge in [0, 0.05) is 19.1 Å². The molecule has 4 aliphatic rings. The topological polar surface area (TPSA) is 123 Å². The highest BCUT2D eigenvalue weighted by Crippen LogP contribution is 2.46. The number of ether oxygens (including phenoxy) is 1. The van der Waals surface area contributed by atoms with Crippen molar-refractivity contribution >= 4 is 0 Å². The number of halogens is 4. The summed E-state index contributed by atoms with van der Waals surface area (Å²) < 4.78 is 59.4. The van der Waals surface area contributed by atoms with E-state index in [-0.39, 0.29) is 31.1 Å². The summed E-state index contributed by atoms with van der Waals surface area (Å²) in [5, 5.41) is 39.0. The van der Waals surface area contributed by atoms with E-state index in [1.54, 1.807) is 0 Å². The third-order valence-corrected chi connectivity index (χ3v) is 7.67. The first-order valence-electron chi connectivity index (χ1n) is 10.9. The second kappa shape index (κ2) is 8.32. The van der Waals surface area contributed by atoms with Gasteiger partial charge in [0.15, 0.2) is 0 Å². The normalized spacial score (nSPS) is 50.4. The Hall–Kier alpha value is -0.600. The van der Waals surface area contributed by atoms with Gasteiger partial charge in [-0.1, -0.05) is 0 Å². The van der Waals surface area contributed by atoms with Crippen LogP contribution >= 0.6 is 0 Å². The standard InChI is InChI=1S/C19H32F4N4O4/c1-18(30)13(29)17(27-5-4-9-15(24)25-7-26-16(9)27)31-14(18)12(28)8-2-3-11(20)10(6-8)19(21,22)23/h8-17,25-26,28-30H,2-7,24H2,1H3/t8?,9?,10?,11?,12-,13+,14-,15?,16?,17-,18+/m1/s1. The molecule has 0 aromatic carbocycles. The number of hydrogen-bond acceptors (Lipinski definition) is 8. The predicted octanol–water partition coefficient (Wildman–Crippen LogP) is -0.416. The highest BCUT2D eigenvalue weighted by molar-refractivity contribution is 5.07. The van der Waals surface area contributed by atoms with Gasteiger partial charge in [0.05, 0.1) is 24.4 Å². The average molecular weight is 456 g/mol. The van der Waals surface area contributed by atoms with Crippen molar-refractivity contribution in [2.45, 2.75) is 87.4 Å². The molecule has 0 aromatic rings. The van der Waals surface area contributed by atoms with Crippen LogP contribution in [0.15, 0.2) is 0 Å². The SMILES string of the molecule is C[C@@]1(O)[C@@H]([C@H](O)C2CCC(F)C(C(F)(F)F)C2)O[C@@H](N2CCC3C(N)NCNC32)[C@@H]1O. The van der Waals surface area contributed by atoms with Gasteiger partial charge in [0.25, 0.3) is 0 Å². The molecular weight excluding hydrogens is 424 g/mol. The second-order valence-corrected chi connectivity index (χ2v) is 9.59. The number of aliphatic hydroxyl groups is 3. The molecule has 0 radical (unpaired) electrons. The number of likely N-dealkylation sites (tertiary alicyclic amines) is 1. The first-order valence-corrected chi connectivity index (χ1v) is 10.9. The zero-order valence-corrected chi connectivity index (χ0v) is 17.3. The number of nitrogens with zero attached hydrogens (tertiary/aromatic N) is 1. The molecule has 3 aliphatic heterocycles. The van der Waals surface area contributed by atoms with Crippen molar-refractivity contribution in [3.05, 3.63) is 0 Å². The summed E-state index contributed by atoms with van der Waals surface area (Å²) >= 11 is 0. The van der Waals surface area contributed by atoms with Crippen LogP contribution in [-0.4, -0.2) is 88.3 Å². The van der Waals surface area contributed by atoms with Gasteiger partial charge in [0.2, 0.25) is 0 Å². The third kappa shape index (κ3) is 4.10. The lowest BCUT2D eigenvalue weighted by Crippen LogP contribution is -2.64. The Morgan fingerprint density at radius 2 is 1.94 bits per heavy atom. The maximum Gasteiger partial charge on any atom is 0.394 e. The van der Waals surface area contributed by atoms with Gasteiger partial charge < -0.3 is 25.8 Å². The van der Waals surface area contributed by atoms with Gasteiger partial charge in [-0.3, -0.25) is 15.5 Å². The van der Waals surface area contributed by atoms with Crippen LogP contribution in [0.4, 0.5) is 17.6 Å². The van der Waals surface area contributed by atoms with E-state index in [1.165, 1.54) is 6.92 Å². The Labute approximate surface area is 178 Å². The van der Waals surface area contributed by atoms with Crippen molar-refractivity contribution in [1.82, 2.24) is 15.5 Å². The van der Waals surface area contributed by atoms with Crippen molar-refractivity contribution in [1.29, 1.82) is 0 Å². The Morgan fingerprint density at radius 3 is 2.61 bits per heavy atom. The predicted molar refractivity (Wildman–Crippen MR) is 101 cm³/mol. The van der Waals surface area contributed by atoms with Crippen LogP contribution < -0.4 is 16.4 Å². The first kappa shape index (κ1) is 23.6. The molecule has 4 rings (SSSR count). The minimum absolute atomic E-state index is 0.0438. The van der Waals surface area contributed by atoms with E-state index in [2.05, 4.69) is 10.6 Å². The van der Waals surface area contributed by atoms with E-state index >= 15 is 0 Å². The molecule has 0 amide bonds. The minimum Gasteiger partial charge on any atom is -0.390 e. The van der Waals surface area contributed by atoms with Gasteiger partial charge in [-0.25, -0.2) is 4.39 Å². The Morgan fingerprint density at radius 1 is 1.23 bits per heavy atom. The van der Waals surface area contributed by atoms with E-state index in [0.29, 0.717) is 13.2 Å². The summed E-state index contributed by atoms with van der Waals surface area (Å²) in [6, 6.07) is 0. The number of nitrogens with one attached hydrogen (secondary N) is 2. The average Bonchev–Trinajstić information content (AvgIpc) is 3.21. The fourth-order valence-electron chi connectivity index (χ4n) is 5.77. The molecule has 31 heavy (non-hydrogen) atoms. The highest BCUT2D eigenvalue weighted by atomic mass is 19.4. The first-order chi connectivity index (χ1) is 14.4. The van der Waals surface area contributed by atoms with E-state index in [4.69, 9.17) is 10.5 Å². The van der Waals surface area contributed by atoms with Gasteiger partial charge in [0.1, 0.15) is 30.2 Å². The summed E-state index contributed by atoms with van der Waals surface area (Å²) in [6.07, 6.45) is -12.4. The molecule has 1 saturated carbocycles. The van der Waals surface area contributed by atoms with E-state index < -0.39 is 60.7 Å². The summed E-state index contributed by atoms with van der Waals surface area (Å²) in [5.41, 5.74) is 4.22. The van der Waals surface area contributed by atoms with Gasteiger partial charge in [-0.05, 0) is 38.5 Å². The third-order valence-electron chi connectivity index (χ3n) is 7.67. The number of alkyl halides is 4. The lowest BCUT2D eigenvalue weighted by molar-refractivity contribution is -0.212. The second-order valence-electron chi connectivity index (χ2n) is 9.59. The number of hydrogen-bond donors (Lipinski definition) is 6. The largest absolute Gasteiger partial charge is 0.394 e. The molecule has 0 bridgehead atoms.